The fraction of sp³-hybridized carbons (Fsp3) is 0.286. The quantitative estimate of drug-likeness (QED) is 0.643. The van der Waals surface area contributed by atoms with Crippen molar-refractivity contribution in [2.45, 2.75) is 37.0 Å². The van der Waals surface area contributed by atoms with Crippen LogP contribution in [0.3, 0.4) is 0 Å². The molecular weight excluding hydrogens is 362 g/mol. The molecule has 4 rings (SSSR count). The van der Waals surface area contributed by atoms with Crippen LogP contribution in [0.1, 0.15) is 35.4 Å². The van der Waals surface area contributed by atoms with Gasteiger partial charge in [-0.3, -0.25) is 4.79 Å². The molecule has 1 atom stereocenters. The van der Waals surface area contributed by atoms with Gasteiger partial charge in [0, 0.05) is 11.6 Å². The van der Waals surface area contributed by atoms with E-state index in [9.17, 15) is 13.2 Å². The first-order valence-corrected chi connectivity index (χ1v) is 10.4. The van der Waals surface area contributed by atoms with Gasteiger partial charge in [0.2, 0.25) is 0 Å². The van der Waals surface area contributed by atoms with Crippen molar-refractivity contribution >= 4 is 26.9 Å². The fourth-order valence-electron chi connectivity index (χ4n) is 3.90. The molecule has 0 fully saturated rings. The van der Waals surface area contributed by atoms with Crippen LogP contribution in [-0.2, 0) is 26.0 Å². The molecule has 1 heterocycles. The highest BCUT2D eigenvalue weighted by atomic mass is 32.2. The summed E-state index contributed by atoms with van der Waals surface area (Å²) in [5, 5.41) is 0.952. The van der Waals surface area contributed by atoms with Gasteiger partial charge >= 0.3 is 5.97 Å². The number of nitrogens with zero attached hydrogens (tertiary/aromatic N) is 1. The predicted molar refractivity (Wildman–Crippen MR) is 103 cm³/mol. The molecule has 0 amide bonds. The van der Waals surface area contributed by atoms with E-state index in [2.05, 4.69) is 0 Å². The third-order valence-corrected chi connectivity index (χ3v) is 7.01. The molecule has 0 aliphatic heterocycles. The van der Waals surface area contributed by atoms with Crippen LogP contribution in [0, 0.1) is 6.92 Å². The summed E-state index contributed by atoms with van der Waals surface area (Å²) in [6, 6.07) is 12.6. The molecule has 2 aromatic carbocycles. The molecule has 0 saturated carbocycles. The van der Waals surface area contributed by atoms with E-state index in [1.807, 2.05) is 25.1 Å². The maximum absolute atomic E-state index is 13.2. The Kier molecular flexibility index (Phi) is 4.30. The Morgan fingerprint density at radius 2 is 1.93 bits per heavy atom. The number of ether oxygens (including phenoxy) is 1. The summed E-state index contributed by atoms with van der Waals surface area (Å²) in [5.74, 6) is -0.196. The van der Waals surface area contributed by atoms with Crippen molar-refractivity contribution in [2.24, 2.45) is 0 Å². The number of rotatable bonds is 4. The minimum Gasteiger partial charge on any atom is -0.469 e. The van der Waals surface area contributed by atoms with Gasteiger partial charge in [0.15, 0.2) is 0 Å². The van der Waals surface area contributed by atoms with Gasteiger partial charge in [-0.2, -0.15) is 0 Å². The van der Waals surface area contributed by atoms with Crippen LogP contribution < -0.4 is 0 Å². The van der Waals surface area contributed by atoms with Gasteiger partial charge < -0.3 is 4.74 Å². The summed E-state index contributed by atoms with van der Waals surface area (Å²) in [6.45, 7) is 1.93. The second kappa shape index (κ2) is 6.53. The Bertz CT molecular complexity index is 1130. The molecule has 0 radical (unpaired) electrons. The van der Waals surface area contributed by atoms with Gasteiger partial charge in [0.05, 0.1) is 23.9 Å². The van der Waals surface area contributed by atoms with E-state index in [1.54, 1.807) is 30.5 Å². The Hall–Kier alpha value is -2.60. The van der Waals surface area contributed by atoms with Crippen molar-refractivity contribution in [1.29, 1.82) is 0 Å². The SMILES string of the molecule is COC(=O)CC1CCc2cn(S(=O)(=O)c3ccc(C)cc3)c3cccc1c23. The molecule has 1 aliphatic rings. The Morgan fingerprint density at radius 1 is 1.19 bits per heavy atom. The zero-order valence-corrected chi connectivity index (χ0v) is 16.1. The highest BCUT2D eigenvalue weighted by Crippen LogP contribution is 2.40. The maximum atomic E-state index is 13.2. The molecule has 0 spiro atoms. The lowest BCUT2D eigenvalue weighted by Crippen LogP contribution is -2.13. The molecule has 3 aromatic rings. The summed E-state index contributed by atoms with van der Waals surface area (Å²) < 4.78 is 32.6. The lowest BCUT2D eigenvalue weighted by molar-refractivity contribution is -0.141. The van der Waals surface area contributed by atoms with E-state index in [0.29, 0.717) is 11.9 Å². The molecule has 1 unspecified atom stereocenters. The number of hydrogen-bond donors (Lipinski definition) is 0. The van der Waals surface area contributed by atoms with E-state index in [-0.39, 0.29) is 16.8 Å². The minimum absolute atomic E-state index is 0.0478. The number of hydrogen-bond acceptors (Lipinski definition) is 4. The van der Waals surface area contributed by atoms with Crippen molar-refractivity contribution in [2.75, 3.05) is 7.11 Å². The lowest BCUT2D eigenvalue weighted by Gasteiger charge is -2.22. The van der Waals surface area contributed by atoms with Gasteiger partial charge in [0.1, 0.15) is 0 Å². The van der Waals surface area contributed by atoms with Crippen LogP contribution in [0.2, 0.25) is 0 Å². The van der Waals surface area contributed by atoms with E-state index < -0.39 is 10.0 Å². The number of aryl methyl sites for hydroxylation is 2. The van der Waals surface area contributed by atoms with Gasteiger partial charge in [0.25, 0.3) is 10.0 Å². The number of carbonyl (C=O) groups excluding carboxylic acids is 1. The van der Waals surface area contributed by atoms with Gasteiger partial charge in [-0.15, -0.1) is 0 Å². The molecule has 1 aliphatic carbocycles. The van der Waals surface area contributed by atoms with Crippen LogP contribution in [0.5, 0.6) is 0 Å². The highest BCUT2D eigenvalue weighted by Gasteiger charge is 2.29. The smallest absolute Gasteiger partial charge is 0.306 e. The van der Waals surface area contributed by atoms with E-state index >= 15 is 0 Å². The molecule has 5 nitrogen and oxygen atoms in total. The monoisotopic (exact) mass is 383 g/mol. The predicted octanol–water partition coefficient (Wildman–Crippen LogP) is 3.78. The highest BCUT2D eigenvalue weighted by molar-refractivity contribution is 7.90. The first kappa shape index (κ1) is 17.8. The van der Waals surface area contributed by atoms with Gasteiger partial charge in [-0.25, -0.2) is 12.4 Å². The molecule has 0 saturated heterocycles. The molecular formula is C21H21NO4S. The summed E-state index contributed by atoms with van der Waals surface area (Å²) in [7, 11) is -2.29. The largest absolute Gasteiger partial charge is 0.469 e. The fourth-order valence-corrected chi connectivity index (χ4v) is 5.29. The summed E-state index contributed by atoms with van der Waals surface area (Å²) in [6.07, 6.45) is 3.59. The Labute approximate surface area is 158 Å². The topological polar surface area (TPSA) is 65.4 Å². The van der Waals surface area contributed by atoms with Crippen LogP contribution in [-0.4, -0.2) is 25.5 Å². The standard InChI is InChI=1S/C21H21NO4S/c1-14-6-10-17(11-7-14)27(24,25)22-13-16-9-8-15(12-20(23)26-2)18-4-3-5-19(22)21(16)18/h3-7,10-11,13,15H,8-9,12H2,1-2H3. The van der Waals surface area contributed by atoms with Crippen LogP contribution in [0.25, 0.3) is 10.9 Å². The summed E-state index contributed by atoms with van der Waals surface area (Å²) in [4.78, 5) is 12.0. The zero-order chi connectivity index (χ0) is 19.2. The summed E-state index contributed by atoms with van der Waals surface area (Å²) >= 11 is 0. The molecule has 140 valence electrons. The van der Waals surface area contributed by atoms with Crippen LogP contribution in [0.15, 0.2) is 53.6 Å². The molecule has 0 bridgehead atoms. The van der Waals surface area contributed by atoms with Crippen LogP contribution >= 0.6 is 0 Å². The normalized spacial score (nSPS) is 16.4. The molecule has 27 heavy (non-hydrogen) atoms. The second-order valence-electron chi connectivity index (χ2n) is 7.03. The van der Waals surface area contributed by atoms with Crippen molar-refractivity contribution in [3.05, 3.63) is 65.4 Å². The number of carbonyl (C=O) groups is 1. The molecule has 1 aromatic heterocycles. The zero-order valence-electron chi connectivity index (χ0n) is 15.3. The van der Waals surface area contributed by atoms with E-state index in [0.717, 1.165) is 34.9 Å². The third kappa shape index (κ3) is 2.94. The number of methoxy groups -OCH3 is 1. The first-order valence-electron chi connectivity index (χ1n) is 8.93. The second-order valence-corrected chi connectivity index (χ2v) is 8.84. The number of benzene rings is 2. The molecule has 6 heteroatoms. The van der Waals surface area contributed by atoms with E-state index in [1.165, 1.54) is 11.1 Å². The Morgan fingerprint density at radius 3 is 2.63 bits per heavy atom. The minimum atomic E-state index is -3.68. The number of aromatic nitrogens is 1. The summed E-state index contributed by atoms with van der Waals surface area (Å²) in [5.41, 5.74) is 3.71. The van der Waals surface area contributed by atoms with Gasteiger partial charge in [-0.1, -0.05) is 29.8 Å². The lowest BCUT2D eigenvalue weighted by atomic mass is 9.82. The van der Waals surface area contributed by atoms with E-state index in [4.69, 9.17) is 4.74 Å². The molecule has 0 N–H and O–H groups in total. The van der Waals surface area contributed by atoms with Crippen molar-refractivity contribution in [1.82, 2.24) is 3.97 Å². The van der Waals surface area contributed by atoms with Crippen LogP contribution in [0.4, 0.5) is 0 Å². The van der Waals surface area contributed by atoms with Crippen molar-refractivity contribution in [3.63, 3.8) is 0 Å². The maximum Gasteiger partial charge on any atom is 0.306 e. The average molecular weight is 383 g/mol. The average Bonchev–Trinajstić information content (AvgIpc) is 3.05. The van der Waals surface area contributed by atoms with Gasteiger partial charge in [-0.05, 0) is 55.0 Å². The number of esters is 1. The Balaban J connectivity index is 1.86. The van der Waals surface area contributed by atoms with Crippen molar-refractivity contribution in [3.8, 4) is 0 Å². The first-order chi connectivity index (χ1) is 12.9. The van der Waals surface area contributed by atoms with Crippen molar-refractivity contribution < 1.29 is 17.9 Å². The third-order valence-electron chi connectivity index (χ3n) is 5.33.